The van der Waals surface area contributed by atoms with E-state index in [1.807, 2.05) is 0 Å². The van der Waals surface area contributed by atoms with Crippen LogP contribution in [0.25, 0.3) is 16.7 Å². The van der Waals surface area contributed by atoms with E-state index in [4.69, 9.17) is 0 Å². The third-order valence-corrected chi connectivity index (χ3v) is 5.14. The minimum absolute atomic E-state index is 0.126. The molecule has 2 amide bonds. The molecule has 0 atom stereocenters. The summed E-state index contributed by atoms with van der Waals surface area (Å²) in [6.45, 7) is 0.196. The van der Waals surface area contributed by atoms with Crippen molar-refractivity contribution in [2.45, 2.75) is 12.7 Å². The first-order valence-electron chi connectivity index (χ1n) is 9.75. The average molecular weight is 454 g/mol. The highest BCUT2D eigenvalue weighted by Gasteiger charge is 2.31. The number of alkyl halides is 3. The molecule has 9 heteroatoms. The molecule has 1 aliphatic rings. The van der Waals surface area contributed by atoms with E-state index in [0.717, 1.165) is 12.1 Å². The largest absolute Gasteiger partial charge is 0.504 e. The van der Waals surface area contributed by atoms with Crippen molar-refractivity contribution in [3.8, 4) is 22.6 Å². The maximum atomic E-state index is 13.1. The molecule has 6 nitrogen and oxygen atoms in total. The molecule has 0 fully saturated rings. The number of benzene rings is 3. The fourth-order valence-corrected chi connectivity index (χ4v) is 3.47. The fraction of sp³-hybridized carbons (Fsp3) is 0.0833. The predicted molar refractivity (Wildman–Crippen MR) is 114 cm³/mol. The van der Waals surface area contributed by atoms with Crippen LogP contribution in [0.5, 0.6) is 11.5 Å². The molecule has 0 spiro atoms. The monoisotopic (exact) mass is 454 g/mol. The van der Waals surface area contributed by atoms with E-state index in [1.54, 1.807) is 6.07 Å². The Labute approximate surface area is 186 Å². The molecule has 0 saturated carbocycles. The lowest BCUT2D eigenvalue weighted by atomic mass is 9.91. The van der Waals surface area contributed by atoms with Crippen molar-refractivity contribution in [1.82, 2.24) is 10.6 Å². The average Bonchev–Trinajstić information content (AvgIpc) is 2.77. The third-order valence-electron chi connectivity index (χ3n) is 5.14. The topological polar surface area (TPSA) is 98.7 Å². The molecule has 1 heterocycles. The number of phenolic OH excluding ortho intramolecular Hbond substituents is 2. The number of amides is 2. The van der Waals surface area contributed by atoms with Gasteiger partial charge in [0.2, 0.25) is 0 Å². The van der Waals surface area contributed by atoms with Crippen molar-refractivity contribution in [1.29, 1.82) is 0 Å². The van der Waals surface area contributed by atoms with E-state index in [-0.39, 0.29) is 40.3 Å². The lowest BCUT2D eigenvalue weighted by Crippen LogP contribution is -2.37. The number of fused-ring (bicyclic) bond motifs is 1. The third kappa shape index (κ3) is 4.52. The van der Waals surface area contributed by atoms with Gasteiger partial charge in [-0.3, -0.25) is 14.9 Å². The van der Waals surface area contributed by atoms with Gasteiger partial charge in [0.15, 0.2) is 11.5 Å². The molecule has 4 rings (SSSR count). The zero-order valence-corrected chi connectivity index (χ0v) is 16.9. The van der Waals surface area contributed by atoms with Crippen LogP contribution in [0.2, 0.25) is 0 Å². The normalized spacial score (nSPS) is 14.7. The number of halogens is 3. The quantitative estimate of drug-likeness (QED) is 0.269. The summed E-state index contributed by atoms with van der Waals surface area (Å²) in [5.74, 6) is -1.82. The van der Waals surface area contributed by atoms with Gasteiger partial charge < -0.3 is 15.5 Å². The number of hydrogen-bond donors (Lipinski definition) is 4. The lowest BCUT2D eigenvalue weighted by molar-refractivity contribution is -0.137. The zero-order valence-electron chi connectivity index (χ0n) is 16.9. The van der Waals surface area contributed by atoms with Gasteiger partial charge in [0.25, 0.3) is 11.8 Å². The number of hydrogen-bond acceptors (Lipinski definition) is 5. The Kier molecular flexibility index (Phi) is 5.55. The molecule has 0 unspecified atom stereocenters. The summed E-state index contributed by atoms with van der Waals surface area (Å²) >= 11 is 0. The number of nitrogens with one attached hydrogen (secondary N) is 2. The van der Waals surface area contributed by atoms with Crippen LogP contribution >= 0.6 is 0 Å². The molecule has 0 radical (unpaired) electrons. The van der Waals surface area contributed by atoms with Crippen molar-refractivity contribution in [3.05, 3.63) is 89.1 Å². The molecule has 0 aliphatic carbocycles. The minimum Gasteiger partial charge on any atom is -0.504 e. The van der Waals surface area contributed by atoms with Crippen molar-refractivity contribution >= 4 is 17.4 Å². The second kappa shape index (κ2) is 8.34. The highest BCUT2D eigenvalue weighted by atomic mass is 19.4. The zero-order chi connectivity index (χ0) is 23.8. The van der Waals surface area contributed by atoms with Gasteiger partial charge in [-0.2, -0.15) is 13.2 Å². The lowest BCUT2D eigenvalue weighted by Gasteiger charge is -2.20. The van der Waals surface area contributed by atoms with Crippen LogP contribution in [-0.2, 0) is 17.5 Å². The van der Waals surface area contributed by atoms with Gasteiger partial charge in [0.05, 0.1) is 11.1 Å². The highest BCUT2D eigenvalue weighted by molar-refractivity contribution is 6.31. The minimum atomic E-state index is -4.50. The van der Waals surface area contributed by atoms with Crippen LogP contribution < -0.4 is 10.6 Å². The Morgan fingerprint density at radius 2 is 1.61 bits per heavy atom. The summed E-state index contributed by atoms with van der Waals surface area (Å²) in [4.78, 5) is 24.7. The standard InChI is InChI=1S/C24H17F3N2O4/c25-24(26,27)16-3-1-2-14(9-16)15-5-6-17-18(10-15)19(23(33)29-22(17)32)12-28-11-13-4-7-20(30)21(31)8-13/h1-10,12,28,30-31H,11H2,(H,29,32,33). The van der Waals surface area contributed by atoms with Crippen LogP contribution in [0.1, 0.15) is 27.0 Å². The SMILES string of the molecule is O=C1NC(=O)c2ccc(-c3cccc(C(F)(F)F)c3)cc2C1=CNCc1ccc(O)c(O)c1. The fourth-order valence-electron chi connectivity index (χ4n) is 3.47. The second-order valence-electron chi connectivity index (χ2n) is 7.38. The van der Waals surface area contributed by atoms with Gasteiger partial charge in [0, 0.05) is 23.9 Å². The molecule has 0 saturated heterocycles. The molecule has 0 bridgehead atoms. The molecule has 4 N–H and O–H groups in total. The molecule has 0 aromatic heterocycles. The first-order chi connectivity index (χ1) is 15.6. The molecule has 3 aromatic rings. The number of rotatable bonds is 4. The van der Waals surface area contributed by atoms with Crippen LogP contribution in [0.4, 0.5) is 13.2 Å². The van der Waals surface area contributed by atoms with E-state index in [0.29, 0.717) is 11.1 Å². The number of carbonyl (C=O) groups is 2. The molecular weight excluding hydrogens is 437 g/mol. The van der Waals surface area contributed by atoms with Gasteiger partial charge >= 0.3 is 6.18 Å². The van der Waals surface area contributed by atoms with Gasteiger partial charge in [-0.1, -0.05) is 24.3 Å². The van der Waals surface area contributed by atoms with Crippen LogP contribution in [0.15, 0.2) is 66.9 Å². The molecule has 168 valence electrons. The summed E-state index contributed by atoms with van der Waals surface area (Å²) in [6, 6.07) is 13.5. The van der Waals surface area contributed by atoms with Crippen molar-refractivity contribution < 1.29 is 33.0 Å². The number of aromatic hydroxyl groups is 2. The molecule has 3 aromatic carbocycles. The van der Waals surface area contributed by atoms with Gasteiger partial charge in [-0.15, -0.1) is 0 Å². The van der Waals surface area contributed by atoms with E-state index in [1.165, 1.54) is 48.7 Å². The van der Waals surface area contributed by atoms with Crippen molar-refractivity contribution in [2.75, 3.05) is 0 Å². The molecule has 33 heavy (non-hydrogen) atoms. The summed E-state index contributed by atoms with van der Waals surface area (Å²) in [6.07, 6.45) is -3.11. The van der Waals surface area contributed by atoms with E-state index < -0.39 is 23.6 Å². The maximum absolute atomic E-state index is 13.1. The molecular formula is C24H17F3N2O4. The van der Waals surface area contributed by atoms with Crippen LogP contribution in [-0.4, -0.2) is 22.0 Å². The van der Waals surface area contributed by atoms with Crippen molar-refractivity contribution in [3.63, 3.8) is 0 Å². The summed E-state index contributed by atoms with van der Waals surface area (Å²) < 4.78 is 39.3. The Balaban J connectivity index is 1.68. The Morgan fingerprint density at radius 1 is 0.848 bits per heavy atom. The van der Waals surface area contributed by atoms with E-state index in [9.17, 15) is 33.0 Å². The summed E-state index contributed by atoms with van der Waals surface area (Å²) in [5.41, 5.74) is 1.13. The van der Waals surface area contributed by atoms with Gasteiger partial charge in [-0.25, -0.2) is 0 Å². The first-order valence-corrected chi connectivity index (χ1v) is 9.75. The van der Waals surface area contributed by atoms with E-state index >= 15 is 0 Å². The highest BCUT2D eigenvalue weighted by Crippen LogP contribution is 2.34. The molecule has 1 aliphatic heterocycles. The first kappa shape index (κ1) is 21.9. The number of imide groups is 1. The Hall–Kier alpha value is -4.27. The Bertz CT molecular complexity index is 1300. The van der Waals surface area contributed by atoms with Crippen LogP contribution in [0, 0.1) is 0 Å². The Morgan fingerprint density at radius 3 is 2.33 bits per heavy atom. The second-order valence-corrected chi connectivity index (χ2v) is 7.38. The van der Waals surface area contributed by atoms with Crippen LogP contribution in [0.3, 0.4) is 0 Å². The maximum Gasteiger partial charge on any atom is 0.416 e. The number of carbonyl (C=O) groups excluding carboxylic acids is 2. The predicted octanol–water partition coefficient (Wildman–Crippen LogP) is 4.18. The summed E-state index contributed by atoms with van der Waals surface area (Å²) in [7, 11) is 0. The van der Waals surface area contributed by atoms with Gasteiger partial charge in [0.1, 0.15) is 0 Å². The smallest absolute Gasteiger partial charge is 0.416 e. The van der Waals surface area contributed by atoms with Gasteiger partial charge in [-0.05, 0) is 53.1 Å². The summed E-state index contributed by atoms with van der Waals surface area (Å²) in [5, 5.41) is 24.1. The number of phenols is 2. The van der Waals surface area contributed by atoms with E-state index in [2.05, 4.69) is 10.6 Å². The van der Waals surface area contributed by atoms with Crippen molar-refractivity contribution in [2.24, 2.45) is 0 Å².